The van der Waals surface area contributed by atoms with Gasteiger partial charge in [-0.1, -0.05) is 119 Å². The van der Waals surface area contributed by atoms with Crippen LogP contribution in [0, 0.1) is 27.7 Å². The average Bonchev–Trinajstić information content (AvgIpc) is 2.81. The zero-order valence-electron chi connectivity index (χ0n) is 19.2. The highest BCUT2D eigenvalue weighted by molar-refractivity contribution is 9.10. The van der Waals surface area contributed by atoms with E-state index in [4.69, 9.17) is 0 Å². The minimum atomic E-state index is 0.160. The summed E-state index contributed by atoms with van der Waals surface area (Å²) in [6.45, 7) is 8.76. The van der Waals surface area contributed by atoms with Gasteiger partial charge in [-0.05, 0) is 72.2 Å². The van der Waals surface area contributed by atoms with Crippen LogP contribution in [-0.4, -0.2) is 0 Å². The summed E-state index contributed by atoms with van der Waals surface area (Å²) in [5.41, 5.74) is 11.6. The minimum absolute atomic E-state index is 0.160. The Morgan fingerprint density at radius 1 is 0.688 bits per heavy atom. The summed E-state index contributed by atoms with van der Waals surface area (Å²) in [6, 6.07) is 32.8. The molecule has 0 N–H and O–H groups in total. The molecule has 0 atom stereocenters. The lowest BCUT2D eigenvalue weighted by atomic mass is 9.83. The third-order valence-corrected chi connectivity index (χ3v) is 7.38. The molecule has 0 saturated carbocycles. The molecular formula is C31H29Br. The molecule has 0 aliphatic rings. The SMILES string of the molecule is Cc1ccc(/C(=C\C(c2ccccc2)c2ccccc2)c2c(C)cc(C)c(Br)c2C)cc1. The first-order chi connectivity index (χ1) is 15.5. The summed E-state index contributed by atoms with van der Waals surface area (Å²) in [6.07, 6.45) is 2.45. The van der Waals surface area contributed by atoms with E-state index < -0.39 is 0 Å². The smallest absolute Gasteiger partial charge is 0.0278 e. The number of hydrogen-bond acceptors (Lipinski definition) is 0. The largest absolute Gasteiger partial charge is 0.0641 e. The van der Waals surface area contributed by atoms with E-state index in [0.717, 1.165) is 0 Å². The molecule has 0 bridgehead atoms. The molecule has 1 heteroatoms. The van der Waals surface area contributed by atoms with E-state index in [-0.39, 0.29) is 5.92 Å². The first-order valence-corrected chi connectivity index (χ1v) is 11.9. The van der Waals surface area contributed by atoms with E-state index in [1.807, 2.05) is 0 Å². The normalized spacial score (nSPS) is 11.8. The Bertz CT molecular complexity index is 1190. The average molecular weight is 481 g/mol. The molecule has 0 amide bonds. The van der Waals surface area contributed by atoms with E-state index in [1.54, 1.807) is 0 Å². The zero-order valence-corrected chi connectivity index (χ0v) is 20.8. The highest BCUT2D eigenvalue weighted by atomic mass is 79.9. The molecule has 4 aromatic rings. The molecule has 0 spiro atoms. The van der Waals surface area contributed by atoms with Crippen LogP contribution in [-0.2, 0) is 0 Å². The van der Waals surface area contributed by atoms with Gasteiger partial charge in [0, 0.05) is 10.4 Å². The van der Waals surface area contributed by atoms with Gasteiger partial charge in [0.1, 0.15) is 0 Å². The Kier molecular flexibility index (Phi) is 6.77. The van der Waals surface area contributed by atoms with Crippen LogP contribution in [0.25, 0.3) is 5.57 Å². The van der Waals surface area contributed by atoms with Crippen molar-refractivity contribution in [2.24, 2.45) is 0 Å². The second-order valence-corrected chi connectivity index (χ2v) is 9.36. The van der Waals surface area contributed by atoms with Gasteiger partial charge < -0.3 is 0 Å². The molecule has 0 aromatic heterocycles. The van der Waals surface area contributed by atoms with Crippen molar-refractivity contribution in [2.75, 3.05) is 0 Å². The van der Waals surface area contributed by atoms with Crippen LogP contribution in [0.2, 0.25) is 0 Å². The number of hydrogen-bond donors (Lipinski definition) is 0. The van der Waals surface area contributed by atoms with Crippen LogP contribution in [0.15, 0.2) is 102 Å². The molecule has 0 fully saturated rings. The molecule has 0 aliphatic carbocycles. The van der Waals surface area contributed by atoms with Crippen LogP contribution in [0.4, 0.5) is 0 Å². The van der Waals surface area contributed by atoms with E-state index in [1.165, 1.54) is 54.6 Å². The van der Waals surface area contributed by atoms with Gasteiger partial charge in [0.2, 0.25) is 0 Å². The topological polar surface area (TPSA) is 0 Å². The summed E-state index contributed by atoms with van der Waals surface area (Å²) in [5, 5.41) is 0. The van der Waals surface area contributed by atoms with Crippen molar-refractivity contribution in [3.05, 3.63) is 146 Å². The fourth-order valence-corrected chi connectivity index (χ4v) is 4.82. The first kappa shape index (κ1) is 22.3. The zero-order chi connectivity index (χ0) is 22.7. The number of allylic oxidation sites excluding steroid dienone is 1. The lowest BCUT2D eigenvalue weighted by Gasteiger charge is -2.21. The van der Waals surface area contributed by atoms with Crippen molar-refractivity contribution in [1.29, 1.82) is 0 Å². The lowest BCUT2D eigenvalue weighted by Crippen LogP contribution is -2.03. The first-order valence-electron chi connectivity index (χ1n) is 11.1. The molecule has 160 valence electrons. The lowest BCUT2D eigenvalue weighted by molar-refractivity contribution is 1.03. The summed E-state index contributed by atoms with van der Waals surface area (Å²) >= 11 is 3.85. The van der Waals surface area contributed by atoms with Gasteiger partial charge >= 0.3 is 0 Å². The Labute approximate surface area is 200 Å². The highest BCUT2D eigenvalue weighted by Crippen LogP contribution is 2.38. The van der Waals surface area contributed by atoms with E-state index in [0.29, 0.717) is 0 Å². The molecule has 0 radical (unpaired) electrons. The predicted molar refractivity (Wildman–Crippen MR) is 141 cm³/mol. The minimum Gasteiger partial charge on any atom is -0.0641 e. The molecule has 0 heterocycles. The van der Waals surface area contributed by atoms with Gasteiger partial charge in [0.05, 0.1) is 0 Å². The van der Waals surface area contributed by atoms with Gasteiger partial charge in [-0.15, -0.1) is 0 Å². The fourth-order valence-electron chi connectivity index (χ4n) is 4.51. The number of rotatable bonds is 5. The van der Waals surface area contributed by atoms with Crippen LogP contribution in [0.3, 0.4) is 0 Å². The summed E-state index contributed by atoms with van der Waals surface area (Å²) in [7, 11) is 0. The van der Waals surface area contributed by atoms with Gasteiger partial charge in [-0.25, -0.2) is 0 Å². The monoisotopic (exact) mass is 480 g/mol. The quantitative estimate of drug-likeness (QED) is 0.267. The fraction of sp³-hybridized carbons (Fsp3) is 0.161. The predicted octanol–water partition coefficient (Wildman–Crippen LogP) is 8.95. The summed E-state index contributed by atoms with van der Waals surface area (Å²) < 4.78 is 1.19. The summed E-state index contributed by atoms with van der Waals surface area (Å²) in [5.74, 6) is 0.160. The van der Waals surface area contributed by atoms with Crippen LogP contribution < -0.4 is 0 Å². The molecule has 4 rings (SSSR count). The third kappa shape index (κ3) is 4.64. The van der Waals surface area contributed by atoms with Crippen molar-refractivity contribution < 1.29 is 0 Å². The Morgan fingerprint density at radius 3 is 1.75 bits per heavy atom. The molecule has 0 saturated heterocycles. The van der Waals surface area contributed by atoms with Crippen molar-refractivity contribution in [3.63, 3.8) is 0 Å². The molecular weight excluding hydrogens is 452 g/mol. The maximum absolute atomic E-state index is 3.85. The van der Waals surface area contributed by atoms with Crippen LogP contribution >= 0.6 is 15.9 Å². The highest BCUT2D eigenvalue weighted by Gasteiger charge is 2.19. The van der Waals surface area contributed by atoms with E-state index in [9.17, 15) is 0 Å². The van der Waals surface area contributed by atoms with E-state index in [2.05, 4.69) is 141 Å². The van der Waals surface area contributed by atoms with Gasteiger partial charge in [0.25, 0.3) is 0 Å². The third-order valence-electron chi connectivity index (χ3n) is 6.16. The molecule has 32 heavy (non-hydrogen) atoms. The maximum atomic E-state index is 3.85. The van der Waals surface area contributed by atoms with E-state index >= 15 is 0 Å². The number of halogens is 1. The maximum Gasteiger partial charge on any atom is 0.0278 e. The Balaban J connectivity index is 2.01. The standard InChI is InChI=1S/C31H29Br/c1-21-15-17-27(18-16-21)29(30-22(2)19-23(3)31(32)24(30)4)20-28(25-11-7-5-8-12-25)26-13-9-6-10-14-26/h5-20,28H,1-4H3/b29-20+. The summed E-state index contributed by atoms with van der Waals surface area (Å²) in [4.78, 5) is 0. The van der Waals surface area contributed by atoms with Crippen molar-refractivity contribution in [3.8, 4) is 0 Å². The number of benzene rings is 4. The van der Waals surface area contributed by atoms with Gasteiger partial charge in [0.15, 0.2) is 0 Å². The van der Waals surface area contributed by atoms with Crippen LogP contribution in [0.1, 0.15) is 50.4 Å². The second-order valence-electron chi connectivity index (χ2n) is 8.57. The second kappa shape index (κ2) is 9.71. The molecule has 0 aliphatic heterocycles. The van der Waals surface area contributed by atoms with Gasteiger partial charge in [-0.3, -0.25) is 0 Å². The molecule has 4 aromatic carbocycles. The molecule has 0 nitrogen and oxygen atoms in total. The Morgan fingerprint density at radius 2 is 1.22 bits per heavy atom. The molecule has 0 unspecified atom stereocenters. The van der Waals surface area contributed by atoms with Crippen molar-refractivity contribution >= 4 is 21.5 Å². The van der Waals surface area contributed by atoms with Crippen LogP contribution in [0.5, 0.6) is 0 Å². The number of aryl methyl sites for hydroxylation is 3. The van der Waals surface area contributed by atoms with Gasteiger partial charge in [-0.2, -0.15) is 0 Å². The van der Waals surface area contributed by atoms with Crippen molar-refractivity contribution in [1.82, 2.24) is 0 Å². The Hall–Kier alpha value is -2.90. The van der Waals surface area contributed by atoms with Crippen molar-refractivity contribution in [2.45, 2.75) is 33.6 Å².